The van der Waals surface area contributed by atoms with Crippen molar-refractivity contribution in [2.75, 3.05) is 19.6 Å². The number of rotatable bonds is 2. The van der Waals surface area contributed by atoms with Gasteiger partial charge in [0.2, 0.25) is 0 Å². The smallest absolute Gasteiger partial charge is 0.337 e. The molecule has 0 aliphatic carbocycles. The van der Waals surface area contributed by atoms with Gasteiger partial charge in [-0.2, -0.15) is 18.3 Å². The quantitative estimate of drug-likeness (QED) is 0.712. The summed E-state index contributed by atoms with van der Waals surface area (Å²) in [7, 11) is 0. The largest absolute Gasteiger partial charge is 0.419 e. The summed E-state index contributed by atoms with van der Waals surface area (Å²) >= 11 is 0. The third-order valence-corrected chi connectivity index (χ3v) is 5.56. The van der Waals surface area contributed by atoms with Crippen LogP contribution in [0.2, 0.25) is 0 Å². The van der Waals surface area contributed by atoms with Crippen LogP contribution in [0.15, 0.2) is 18.2 Å². The molecule has 1 aromatic heterocycles. The number of nitrogens with zero attached hydrogens (tertiary/aromatic N) is 2. The summed E-state index contributed by atoms with van der Waals surface area (Å²) in [5, 5.41) is 10.2. The number of carbonyl (C=O) groups excluding carboxylic acids is 1. The molecule has 0 atom stereocenters. The molecular formula is C19H21ClF4N4O. The number of likely N-dealkylation sites (tertiary alicyclic amines) is 1. The molecule has 2 aliphatic heterocycles. The summed E-state index contributed by atoms with van der Waals surface area (Å²) in [6.45, 7) is 2.04. The average molecular weight is 433 g/mol. The third kappa shape index (κ3) is 4.11. The second-order valence-electron chi connectivity index (χ2n) is 7.22. The van der Waals surface area contributed by atoms with Crippen LogP contribution in [0.1, 0.15) is 51.6 Å². The fourth-order valence-corrected chi connectivity index (χ4v) is 4.14. The Bertz CT molecular complexity index is 891. The number of fused-ring (bicyclic) bond motifs is 1. The van der Waals surface area contributed by atoms with E-state index in [9.17, 15) is 22.4 Å². The number of hydrogen-bond acceptors (Lipinski definition) is 3. The summed E-state index contributed by atoms with van der Waals surface area (Å²) in [5.41, 5.74) is 1.00. The van der Waals surface area contributed by atoms with Gasteiger partial charge < -0.3 is 10.2 Å². The van der Waals surface area contributed by atoms with Gasteiger partial charge in [0, 0.05) is 25.2 Å². The molecule has 0 saturated carbocycles. The van der Waals surface area contributed by atoms with Crippen LogP contribution in [-0.2, 0) is 19.1 Å². The van der Waals surface area contributed by atoms with E-state index >= 15 is 0 Å². The molecule has 29 heavy (non-hydrogen) atoms. The lowest BCUT2D eigenvalue weighted by molar-refractivity contribution is -0.140. The van der Waals surface area contributed by atoms with Crippen LogP contribution in [0.4, 0.5) is 17.6 Å². The molecular weight excluding hydrogens is 412 g/mol. The van der Waals surface area contributed by atoms with Gasteiger partial charge in [-0.1, -0.05) is 12.1 Å². The zero-order valence-corrected chi connectivity index (χ0v) is 16.3. The van der Waals surface area contributed by atoms with Crippen LogP contribution in [0.3, 0.4) is 0 Å². The molecule has 158 valence electrons. The van der Waals surface area contributed by atoms with Gasteiger partial charge in [0.1, 0.15) is 5.82 Å². The lowest BCUT2D eigenvalue weighted by Gasteiger charge is -2.33. The molecule has 4 rings (SSSR count). The summed E-state index contributed by atoms with van der Waals surface area (Å²) in [4.78, 5) is 14.5. The number of nitrogens with one attached hydrogen (secondary N) is 2. The van der Waals surface area contributed by atoms with Crippen molar-refractivity contribution < 1.29 is 22.4 Å². The first kappa shape index (κ1) is 21.6. The van der Waals surface area contributed by atoms with E-state index in [-0.39, 0.29) is 23.9 Å². The minimum absolute atomic E-state index is 0. The predicted octanol–water partition coefficient (Wildman–Crippen LogP) is 3.65. The lowest BCUT2D eigenvalue weighted by atomic mass is 9.86. The number of amides is 1. The van der Waals surface area contributed by atoms with Gasteiger partial charge in [-0.05, 0) is 43.4 Å². The first-order valence-corrected chi connectivity index (χ1v) is 9.28. The zero-order chi connectivity index (χ0) is 19.9. The summed E-state index contributed by atoms with van der Waals surface area (Å²) in [5.74, 6) is -1.89. The van der Waals surface area contributed by atoms with Crippen molar-refractivity contribution in [2.45, 2.75) is 37.9 Å². The second-order valence-corrected chi connectivity index (χ2v) is 7.22. The Hall–Kier alpha value is -2.13. The molecule has 0 spiro atoms. The fourth-order valence-electron chi connectivity index (χ4n) is 4.14. The first-order valence-electron chi connectivity index (χ1n) is 9.28. The molecule has 0 radical (unpaired) electrons. The average Bonchev–Trinajstić information content (AvgIpc) is 3.10. The highest BCUT2D eigenvalue weighted by molar-refractivity contribution is 5.94. The van der Waals surface area contributed by atoms with Crippen LogP contribution in [0, 0.1) is 5.82 Å². The second kappa shape index (κ2) is 8.31. The predicted molar refractivity (Wildman–Crippen MR) is 101 cm³/mol. The Morgan fingerprint density at radius 2 is 1.93 bits per heavy atom. The molecule has 0 bridgehead atoms. The molecule has 2 N–H and O–H groups in total. The Balaban J connectivity index is 0.00000240. The van der Waals surface area contributed by atoms with Gasteiger partial charge in [-0.3, -0.25) is 9.89 Å². The molecule has 2 aliphatic rings. The van der Waals surface area contributed by atoms with Gasteiger partial charge in [0.05, 0.1) is 11.3 Å². The highest BCUT2D eigenvalue weighted by Crippen LogP contribution is 2.40. The van der Waals surface area contributed by atoms with E-state index < -0.39 is 23.5 Å². The maximum absolute atomic E-state index is 13.9. The summed E-state index contributed by atoms with van der Waals surface area (Å²) < 4.78 is 53.7. The van der Waals surface area contributed by atoms with Gasteiger partial charge in [-0.25, -0.2) is 4.39 Å². The minimum Gasteiger partial charge on any atom is -0.337 e. The Morgan fingerprint density at radius 3 is 2.62 bits per heavy atom. The van der Waals surface area contributed by atoms with Crippen LogP contribution >= 0.6 is 12.4 Å². The van der Waals surface area contributed by atoms with E-state index in [1.54, 1.807) is 4.90 Å². The monoisotopic (exact) mass is 432 g/mol. The van der Waals surface area contributed by atoms with Crippen molar-refractivity contribution in [3.05, 3.63) is 52.1 Å². The van der Waals surface area contributed by atoms with Crippen LogP contribution in [-0.4, -0.2) is 40.6 Å². The number of H-pyrrole nitrogens is 1. The van der Waals surface area contributed by atoms with Gasteiger partial charge in [0.15, 0.2) is 5.69 Å². The van der Waals surface area contributed by atoms with Crippen LogP contribution in [0.5, 0.6) is 0 Å². The molecule has 3 heterocycles. The molecule has 1 aromatic carbocycles. The molecule has 2 aromatic rings. The maximum atomic E-state index is 13.9. The minimum atomic E-state index is -4.74. The standard InChI is InChI=1S/C19H20F4N4O.ClH/c20-14-3-1-2-12(16(14)19(21,22)23)11-5-8-27(9-6-11)18(28)17-13-4-7-24-10-15(13)25-26-17;/h1-3,11,24H,4-10H2,(H,25,26);1H. The van der Waals surface area contributed by atoms with Crippen molar-refractivity contribution in [2.24, 2.45) is 0 Å². The van der Waals surface area contributed by atoms with Crippen LogP contribution < -0.4 is 5.32 Å². The lowest BCUT2D eigenvalue weighted by Crippen LogP contribution is -2.39. The fraction of sp³-hybridized carbons (Fsp3) is 0.474. The SMILES string of the molecule is Cl.O=C(c1n[nH]c2c1CCNC2)N1CCC(c2cccc(F)c2C(F)(F)F)CC1. The van der Waals surface area contributed by atoms with Crippen LogP contribution in [0.25, 0.3) is 0 Å². The molecule has 0 unspecified atom stereocenters. The zero-order valence-electron chi connectivity index (χ0n) is 15.5. The van der Waals surface area contributed by atoms with Gasteiger partial charge in [-0.15, -0.1) is 12.4 Å². The first-order chi connectivity index (χ1) is 13.4. The van der Waals surface area contributed by atoms with E-state index in [4.69, 9.17) is 0 Å². The molecule has 1 saturated heterocycles. The number of piperidine rings is 1. The van der Waals surface area contributed by atoms with Crippen molar-refractivity contribution in [3.63, 3.8) is 0 Å². The topological polar surface area (TPSA) is 61.0 Å². The van der Waals surface area contributed by atoms with E-state index in [2.05, 4.69) is 15.5 Å². The number of aromatic nitrogens is 2. The Morgan fingerprint density at radius 1 is 1.21 bits per heavy atom. The molecule has 5 nitrogen and oxygen atoms in total. The van der Waals surface area contributed by atoms with Gasteiger partial charge in [0.25, 0.3) is 5.91 Å². The number of hydrogen-bond donors (Lipinski definition) is 2. The Labute approximate surface area is 171 Å². The van der Waals surface area contributed by atoms with Crippen molar-refractivity contribution in [1.82, 2.24) is 20.4 Å². The maximum Gasteiger partial charge on any atom is 0.419 e. The summed E-state index contributed by atoms with van der Waals surface area (Å²) in [6.07, 6.45) is -3.32. The highest BCUT2D eigenvalue weighted by atomic mass is 35.5. The number of aromatic amines is 1. The van der Waals surface area contributed by atoms with Crippen molar-refractivity contribution in [1.29, 1.82) is 0 Å². The normalized spacial score (nSPS) is 17.6. The summed E-state index contributed by atoms with van der Waals surface area (Å²) in [6, 6.07) is 3.48. The van der Waals surface area contributed by atoms with Gasteiger partial charge >= 0.3 is 6.18 Å². The molecule has 1 amide bonds. The van der Waals surface area contributed by atoms with E-state index in [1.165, 1.54) is 12.1 Å². The number of carbonyl (C=O) groups is 1. The molecule has 1 fully saturated rings. The highest BCUT2D eigenvalue weighted by Gasteiger charge is 2.39. The number of halogens is 5. The third-order valence-electron chi connectivity index (χ3n) is 5.56. The molecule has 10 heteroatoms. The number of benzene rings is 1. The van der Waals surface area contributed by atoms with Crippen molar-refractivity contribution >= 4 is 18.3 Å². The van der Waals surface area contributed by atoms with E-state index in [1.807, 2.05) is 0 Å². The van der Waals surface area contributed by atoms with E-state index in [0.717, 1.165) is 23.9 Å². The Kier molecular flexibility index (Phi) is 6.19. The number of alkyl halides is 3. The van der Waals surface area contributed by atoms with E-state index in [0.29, 0.717) is 44.6 Å². The van der Waals surface area contributed by atoms with Crippen molar-refractivity contribution in [3.8, 4) is 0 Å².